The van der Waals surface area contributed by atoms with Gasteiger partial charge in [-0.3, -0.25) is 9.59 Å². The number of thiazole rings is 1. The average Bonchev–Trinajstić information content (AvgIpc) is 3.09. The van der Waals surface area contributed by atoms with Gasteiger partial charge in [-0.2, -0.15) is 11.3 Å². The largest absolute Gasteiger partial charge is 0.355 e. The molecule has 0 saturated heterocycles. The number of aromatic nitrogens is 1. The lowest BCUT2D eigenvalue weighted by atomic mass is 10.3. The first-order valence-electron chi connectivity index (χ1n) is 6.18. The number of carbonyl (C=O) groups is 2. The topological polar surface area (TPSA) is 71.1 Å². The molecule has 0 radical (unpaired) electrons. The fourth-order valence-corrected chi connectivity index (χ4v) is 3.07. The molecule has 2 heterocycles. The number of rotatable bonds is 5. The molecule has 5 nitrogen and oxygen atoms in total. The van der Waals surface area contributed by atoms with Gasteiger partial charge >= 0.3 is 0 Å². The molecule has 20 heavy (non-hydrogen) atoms. The first-order valence-corrected chi connectivity index (χ1v) is 8.00. The molecule has 1 atom stereocenters. The van der Waals surface area contributed by atoms with Crippen molar-refractivity contribution >= 4 is 34.5 Å². The molecule has 2 rings (SSSR count). The second-order valence-electron chi connectivity index (χ2n) is 4.14. The molecule has 0 aliphatic heterocycles. The smallest absolute Gasteiger partial charge is 0.271 e. The van der Waals surface area contributed by atoms with Crippen LogP contribution in [0.4, 0.5) is 0 Å². The third-order valence-electron chi connectivity index (χ3n) is 2.60. The van der Waals surface area contributed by atoms with Crippen molar-refractivity contribution in [1.29, 1.82) is 0 Å². The Morgan fingerprint density at radius 2 is 2.20 bits per heavy atom. The standard InChI is InChI=1S/C13H15N3O2S2/c1-3-14-11(17)8(2)15-12(18)10-7-20-13(16-10)9-4-5-19-6-9/h4-8H,3H2,1-2H3,(H,14,17)(H,15,18)/t8-/m1/s1. The fourth-order valence-electron chi connectivity index (χ4n) is 1.56. The molecule has 0 fully saturated rings. The lowest BCUT2D eigenvalue weighted by Gasteiger charge is -2.12. The highest BCUT2D eigenvalue weighted by Crippen LogP contribution is 2.25. The molecule has 2 aromatic heterocycles. The van der Waals surface area contributed by atoms with E-state index in [-0.39, 0.29) is 11.8 Å². The predicted molar refractivity (Wildman–Crippen MR) is 81.0 cm³/mol. The van der Waals surface area contributed by atoms with Crippen LogP contribution in [0.2, 0.25) is 0 Å². The molecule has 2 aromatic rings. The molecule has 2 amide bonds. The fraction of sp³-hybridized carbons (Fsp3) is 0.308. The van der Waals surface area contributed by atoms with Gasteiger partial charge in [0.05, 0.1) is 0 Å². The number of amides is 2. The zero-order chi connectivity index (χ0) is 14.5. The molecule has 7 heteroatoms. The molecule has 0 spiro atoms. The molecule has 0 unspecified atom stereocenters. The molecular weight excluding hydrogens is 294 g/mol. The number of likely N-dealkylation sites (N-methyl/N-ethyl adjacent to an activating group) is 1. The zero-order valence-electron chi connectivity index (χ0n) is 11.2. The number of hydrogen-bond acceptors (Lipinski definition) is 5. The summed E-state index contributed by atoms with van der Waals surface area (Å²) < 4.78 is 0. The van der Waals surface area contributed by atoms with Gasteiger partial charge in [0.1, 0.15) is 16.7 Å². The van der Waals surface area contributed by atoms with Crippen LogP contribution in [0.3, 0.4) is 0 Å². The first kappa shape index (κ1) is 14.7. The van der Waals surface area contributed by atoms with Crippen LogP contribution in [0.1, 0.15) is 24.3 Å². The van der Waals surface area contributed by atoms with Crippen LogP contribution in [-0.4, -0.2) is 29.4 Å². The van der Waals surface area contributed by atoms with Crippen LogP contribution < -0.4 is 10.6 Å². The van der Waals surface area contributed by atoms with E-state index in [0.717, 1.165) is 10.6 Å². The molecule has 0 aliphatic carbocycles. The summed E-state index contributed by atoms with van der Waals surface area (Å²) in [5, 5.41) is 11.8. The summed E-state index contributed by atoms with van der Waals surface area (Å²) >= 11 is 3.00. The summed E-state index contributed by atoms with van der Waals surface area (Å²) in [5.41, 5.74) is 1.35. The normalized spacial score (nSPS) is 11.9. The van der Waals surface area contributed by atoms with Gasteiger partial charge in [0.25, 0.3) is 5.91 Å². The minimum atomic E-state index is -0.575. The highest BCUT2D eigenvalue weighted by atomic mass is 32.1. The van der Waals surface area contributed by atoms with Crippen molar-refractivity contribution in [2.24, 2.45) is 0 Å². The van der Waals surface area contributed by atoms with E-state index < -0.39 is 6.04 Å². The van der Waals surface area contributed by atoms with Crippen molar-refractivity contribution in [1.82, 2.24) is 15.6 Å². The van der Waals surface area contributed by atoms with Gasteiger partial charge in [-0.15, -0.1) is 11.3 Å². The lowest BCUT2D eigenvalue weighted by Crippen LogP contribution is -2.44. The SMILES string of the molecule is CCNC(=O)[C@@H](C)NC(=O)c1csc(-c2ccsc2)n1. The van der Waals surface area contributed by atoms with Gasteiger partial charge in [-0.25, -0.2) is 4.98 Å². The average molecular weight is 309 g/mol. The molecule has 2 N–H and O–H groups in total. The number of nitrogens with zero attached hydrogens (tertiary/aromatic N) is 1. The van der Waals surface area contributed by atoms with E-state index in [1.165, 1.54) is 11.3 Å². The summed E-state index contributed by atoms with van der Waals surface area (Å²) in [5.74, 6) is -0.532. The molecule has 0 bridgehead atoms. The maximum Gasteiger partial charge on any atom is 0.271 e. The van der Waals surface area contributed by atoms with E-state index in [2.05, 4.69) is 15.6 Å². The van der Waals surface area contributed by atoms with Crippen molar-refractivity contribution in [2.75, 3.05) is 6.54 Å². The second kappa shape index (κ2) is 6.62. The van der Waals surface area contributed by atoms with E-state index in [1.54, 1.807) is 23.6 Å². The Kier molecular flexibility index (Phi) is 4.86. The van der Waals surface area contributed by atoms with Gasteiger partial charge in [0.2, 0.25) is 5.91 Å². The van der Waals surface area contributed by atoms with Crippen molar-refractivity contribution < 1.29 is 9.59 Å². The number of thiophene rings is 1. The summed E-state index contributed by atoms with van der Waals surface area (Å²) in [6, 6.07) is 1.39. The van der Waals surface area contributed by atoms with Crippen molar-refractivity contribution in [3.63, 3.8) is 0 Å². The monoisotopic (exact) mass is 309 g/mol. The van der Waals surface area contributed by atoms with Crippen LogP contribution >= 0.6 is 22.7 Å². The molecular formula is C13H15N3O2S2. The number of carbonyl (C=O) groups excluding carboxylic acids is 2. The van der Waals surface area contributed by atoms with E-state index >= 15 is 0 Å². The van der Waals surface area contributed by atoms with Crippen LogP contribution in [0, 0.1) is 0 Å². The van der Waals surface area contributed by atoms with E-state index in [9.17, 15) is 9.59 Å². The van der Waals surface area contributed by atoms with Gasteiger partial charge < -0.3 is 10.6 Å². The van der Waals surface area contributed by atoms with Gasteiger partial charge in [0.15, 0.2) is 0 Å². The third-order valence-corrected chi connectivity index (χ3v) is 4.17. The van der Waals surface area contributed by atoms with Crippen LogP contribution in [0.5, 0.6) is 0 Å². The van der Waals surface area contributed by atoms with Gasteiger partial charge in [-0.05, 0) is 25.3 Å². The quantitative estimate of drug-likeness (QED) is 0.889. The third kappa shape index (κ3) is 3.43. The maximum absolute atomic E-state index is 12.0. The zero-order valence-corrected chi connectivity index (χ0v) is 12.8. The Balaban J connectivity index is 2.01. The number of hydrogen-bond donors (Lipinski definition) is 2. The van der Waals surface area contributed by atoms with E-state index in [4.69, 9.17) is 0 Å². The number of nitrogens with one attached hydrogen (secondary N) is 2. The minimum absolute atomic E-state index is 0.200. The highest BCUT2D eigenvalue weighted by molar-refractivity contribution is 7.14. The van der Waals surface area contributed by atoms with Crippen molar-refractivity contribution in [2.45, 2.75) is 19.9 Å². The van der Waals surface area contributed by atoms with Crippen molar-refractivity contribution in [3.8, 4) is 10.6 Å². The van der Waals surface area contributed by atoms with Crippen molar-refractivity contribution in [3.05, 3.63) is 27.9 Å². The van der Waals surface area contributed by atoms with Crippen LogP contribution in [0.15, 0.2) is 22.2 Å². The van der Waals surface area contributed by atoms with Crippen LogP contribution in [-0.2, 0) is 4.79 Å². The summed E-state index contributed by atoms with van der Waals surface area (Å²) in [4.78, 5) is 27.9. The Morgan fingerprint density at radius 1 is 1.40 bits per heavy atom. The van der Waals surface area contributed by atoms with E-state index in [1.807, 2.05) is 23.8 Å². The highest BCUT2D eigenvalue weighted by Gasteiger charge is 2.18. The Hall–Kier alpha value is -1.73. The van der Waals surface area contributed by atoms with Crippen LogP contribution in [0.25, 0.3) is 10.6 Å². The van der Waals surface area contributed by atoms with Gasteiger partial charge in [0, 0.05) is 22.9 Å². The summed E-state index contributed by atoms with van der Waals surface area (Å²) in [7, 11) is 0. The van der Waals surface area contributed by atoms with Gasteiger partial charge in [-0.1, -0.05) is 0 Å². The minimum Gasteiger partial charge on any atom is -0.355 e. The Bertz CT molecular complexity index is 593. The lowest BCUT2D eigenvalue weighted by molar-refractivity contribution is -0.122. The first-order chi connectivity index (χ1) is 9.61. The predicted octanol–water partition coefficient (Wildman–Crippen LogP) is 2.13. The summed E-state index contributed by atoms with van der Waals surface area (Å²) in [6.45, 7) is 4.02. The molecule has 0 aliphatic rings. The Morgan fingerprint density at radius 3 is 2.85 bits per heavy atom. The molecule has 0 saturated carbocycles. The van der Waals surface area contributed by atoms with E-state index in [0.29, 0.717) is 12.2 Å². The Labute approximate surface area is 125 Å². The summed E-state index contributed by atoms with van der Waals surface area (Å²) in [6.07, 6.45) is 0. The maximum atomic E-state index is 12.0. The molecule has 0 aromatic carbocycles. The second-order valence-corrected chi connectivity index (χ2v) is 5.78. The molecule has 106 valence electrons.